The summed E-state index contributed by atoms with van der Waals surface area (Å²) < 4.78 is 57.9. The molecule has 8 nitrogen and oxygen atoms in total. The zero-order valence-corrected chi connectivity index (χ0v) is 19.2. The van der Waals surface area contributed by atoms with Crippen LogP contribution in [0.4, 0.5) is 5.69 Å². The third-order valence-corrected chi connectivity index (χ3v) is 7.90. The number of sulfone groups is 1. The maximum absolute atomic E-state index is 13.2. The first-order chi connectivity index (χ1) is 14.4. The van der Waals surface area contributed by atoms with Crippen LogP contribution in [0.2, 0.25) is 0 Å². The summed E-state index contributed by atoms with van der Waals surface area (Å²) in [5, 5.41) is 9.23. The van der Waals surface area contributed by atoms with Gasteiger partial charge < -0.3 is 9.84 Å². The fraction of sp³-hybridized carbons (Fsp3) is 0.150. The number of aromatic carboxylic acids is 1. The Morgan fingerprint density at radius 1 is 1.03 bits per heavy atom. The molecule has 0 aliphatic carbocycles. The van der Waals surface area contributed by atoms with E-state index >= 15 is 0 Å². The van der Waals surface area contributed by atoms with E-state index in [1.54, 1.807) is 6.07 Å². The number of carboxylic acid groups (broad SMARTS) is 1. The number of carbonyl (C=O) groups is 1. The number of sulfonamides is 1. The van der Waals surface area contributed by atoms with Crippen LogP contribution in [0.3, 0.4) is 0 Å². The van der Waals surface area contributed by atoms with E-state index in [0.29, 0.717) is 5.56 Å². The number of anilines is 1. The van der Waals surface area contributed by atoms with Gasteiger partial charge in [-0.25, -0.2) is 21.6 Å². The number of hydrogen-bond acceptors (Lipinski definition) is 7. The normalized spacial score (nSPS) is 11.8. The van der Waals surface area contributed by atoms with Gasteiger partial charge in [-0.3, -0.25) is 4.72 Å². The number of aryl methyl sites for hydroxylation is 1. The maximum Gasteiger partial charge on any atom is 0.335 e. The highest BCUT2D eigenvalue weighted by Gasteiger charge is 2.24. The van der Waals surface area contributed by atoms with Crippen LogP contribution in [0.15, 0.2) is 58.3 Å². The molecule has 3 rings (SSSR count). The first kappa shape index (κ1) is 22.8. The minimum absolute atomic E-state index is 0.0487. The molecule has 0 radical (unpaired) electrons. The number of thiophene rings is 1. The zero-order valence-electron chi connectivity index (χ0n) is 16.7. The number of rotatable bonds is 7. The van der Waals surface area contributed by atoms with Gasteiger partial charge in [-0.15, -0.1) is 11.3 Å². The summed E-state index contributed by atoms with van der Waals surface area (Å²) in [6, 6.07) is 11.3. The van der Waals surface area contributed by atoms with E-state index in [1.165, 1.54) is 48.8 Å². The molecule has 0 fully saturated rings. The first-order valence-corrected chi connectivity index (χ1v) is 13.0. The second-order valence-electron chi connectivity index (χ2n) is 6.67. The Morgan fingerprint density at radius 2 is 1.74 bits per heavy atom. The third kappa shape index (κ3) is 4.89. The van der Waals surface area contributed by atoms with E-state index in [9.17, 15) is 26.7 Å². The van der Waals surface area contributed by atoms with Crippen molar-refractivity contribution in [2.45, 2.75) is 16.7 Å². The molecule has 0 aliphatic heterocycles. The average molecular weight is 482 g/mol. The molecule has 164 valence electrons. The molecular weight excluding hydrogens is 462 g/mol. The molecule has 1 aromatic heterocycles. The van der Waals surface area contributed by atoms with Crippen molar-refractivity contribution >= 4 is 42.9 Å². The zero-order chi connectivity index (χ0) is 23.0. The largest absolute Gasteiger partial charge is 0.495 e. The summed E-state index contributed by atoms with van der Waals surface area (Å²) in [5.41, 5.74) is 0.301. The van der Waals surface area contributed by atoms with Crippen molar-refractivity contribution in [1.29, 1.82) is 0 Å². The van der Waals surface area contributed by atoms with Crippen molar-refractivity contribution in [1.82, 2.24) is 0 Å². The maximum atomic E-state index is 13.2. The minimum atomic E-state index is -4.33. The predicted molar refractivity (Wildman–Crippen MR) is 118 cm³/mol. The minimum Gasteiger partial charge on any atom is -0.495 e. The topological polar surface area (TPSA) is 127 Å². The van der Waals surface area contributed by atoms with Crippen LogP contribution in [0.5, 0.6) is 5.75 Å². The summed E-state index contributed by atoms with van der Waals surface area (Å²) >= 11 is 1.42. The Hall–Kier alpha value is -2.89. The Balaban J connectivity index is 2.18. The van der Waals surface area contributed by atoms with Crippen LogP contribution in [0, 0.1) is 6.92 Å². The van der Waals surface area contributed by atoms with Gasteiger partial charge in [-0.05, 0) is 49.4 Å². The second-order valence-corrected chi connectivity index (χ2v) is 11.6. The van der Waals surface area contributed by atoms with Crippen LogP contribution in [0.1, 0.15) is 15.2 Å². The van der Waals surface area contributed by atoms with Gasteiger partial charge in [-0.2, -0.15) is 0 Å². The Morgan fingerprint density at radius 3 is 2.29 bits per heavy atom. The fourth-order valence-corrected chi connectivity index (χ4v) is 5.67. The standard InChI is InChI=1S/C20H19NO7S3/c1-12-4-9-18(29-12)15-7-6-14(30(3,24)25)11-16(15)21-31(26,27)19-10-13(20(22)23)5-8-17(19)28-2/h4-11,21H,1-3H3,(H,22,23). The van der Waals surface area contributed by atoms with Gasteiger partial charge in [0.25, 0.3) is 10.0 Å². The Kier molecular flexibility index (Phi) is 6.12. The molecular formula is C20H19NO7S3. The van der Waals surface area contributed by atoms with E-state index in [-0.39, 0.29) is 26.8 Å². The van der Waals surface area contributed by atoms with Crippen LogP contribution in [-0.2, 0) is 19.9 Å². The number of benzene rings is 2. The van der Waals surface area contributed by atoms with Crippen LogP contribution in [0.25, 0.3) is 10.4 Å². The molecule has 0 bridgehead atoms. The molecule has 11 heteroatoms. The average Bonchev–Trinajstić information content (AvgIpc) is 3.12. The van der Waals surface area contributed by atoms with Crippen molar-refractivity contribution in [3.63, 3.8) is 0 Å². The molecule has 1 heterocycles. The number of methoxy groups -OCH3 is 1. The quantitative estimate of drug-likeness (QED) is 0.527. The Bertz CT molecular complexity index is 1370. The molecule has 31 heavy (non-hydrogen) atoms. The highest BCUT2D eigenvalue weighted by molar-refractivity contribution is 7.93. The molecule has 0 unspecified atom stereocenters. The van der Waals surface area contributed by atoms with Crippen molar-refractivity contribution in [3.05, 3.63) is 59.0 Å². The SMILES string of the molecule is COc1ccc(C(=O)O)cc1S(=O)(=O)Nc1cc(S(C)(=O)=O)ccc1-c1ccc(C)s1. The number of carboxylic acids is 1. The first-order valence-electron chi connectivity index (χ1n) is 8.77. The molecule has 3 aromatic rings. The van der Waals surface area contributed by atoms with E-state index in [2.05, 4.69) is 4.72 Å². The lowest BCUT2D eigenvalue weighted by Crippen LogP contribution is -2.16. The van der Waals surface area contributed by atoms with Crippen LogP contribution >= 0.6 is 11.3 Å². The van der Waals surface area contributed by atoms with Crippen molar-refractivity contribution in [3.8, 4) is 16.2 Å². The lowest BCUT2D eigenvalue weighted by Gasteiger charge is -2.15. The molecule has 0 saturated carbocycles. The van der Waals surface area contributed by atoms with Crippen molar-refractivity contribution in [2.75, 3.05) is 18.1 Å². The van der Waals surface area contributed by atoms with Crippen molar-refractivity contribution < 1.29 is 31.5 Å². The van der Waals surface area contributed by atoms with Gasteiger partial charge in [0.1, 0.15) is 10.6 Å². The second kappa shape index (κ2) is 8.33. The lowest BCUT2D eigenvalue weighted by molar-refractivity contribution is 0.0696. The van der Waals surface area contributed by atoms with Gasteiger partial charge in [0, 0.05) is 21.6 Å². The number of hydrogen-bond donors (Lipinski definition) is 2. The van der Waals surface area contributed by atoms with Gasteiger partial charge in [0.2, 0.25) is 0 Å². The summed E-state index contributed by atoms with van der Waals surface area (Å²) in [4.78, 5) is 12.6. The van der Waals surface area contributed by atoms with E-state index < -0.39 is 25.8 Å². The molecule has 0 aliphatic rings. The van der Waals surface area contributed by atoms with Gasteiger partial charge in [-0.1, -0.05) is 6.07 Å². The molecule has 0 amide bonds. The highest BCUT2D eigenvalue weighted by atomic mass is 32.2. The van der Waals surface area contributed by atoms with Gasteiger partial charge in [0.15, 0.2) is 9.84 Å². The summed E-state index contributed by atoms with van der Waals surface area (Å²) in [7, 11) is -6.67. The summed E-state index contributed by atoms with van der Waals surface area (Å²) in [5.74, 6) is -1.35. The summed E-state index contributed by atoms with van der Waals surface area (Å²) in [6.45, 7) is 1.89. The highest BCUT2D eigenvalue weighted by Crippen LogP contribution is 2.37. The number of ether oxygens (including phenoxy) is 1. The predicted octanol–water partition coefficient (Wildman–Crippen LogP) is 3.63. The van der Waals surface area contributed by atoms with E-state index in [1.807, 2.05) is 13.0 Å². The van der Waals surface area contributed by atoms with E-state index in [4.69, 9.17) is 4.74 Å². The molecule has 0 spiro atoms. The summed E-state index contributed by atoms with van der Waals surface area (Å²) in [6.07, 6.45) is 1.02. The molecule has 0 atom stereocenters. The fourth-order valence-electron chi connectivity index (χ4n) is 2.85. The van der Waals surface area contributed by atoms with Crippen LogP contribution in [-0.4, -0.2) is 41.3 Å². The van der Waals surface area contributed by atoms with Crippen molar-refractivity contribution in [2.24, 2.45) is 0 Å². The molecule has 2 aromatic carbocycles. The monoisotopic (exact) mass is 481 g/mol. The van der Waals surface area contributed by atoms with Gasteiger partial charge >= 0.3 is 5.97 Å². The van der Waals surface area contributed by atoms with Gasteiger partial charge in [0.05, 0.1) is 23.3 Å². The lowest BCUT2D eigenvalue weighted by atomic mass is 10.1. The Labute approximate surface area is 184 Å². The third-order valence-electron chi connectivity index (χ3n) is 4.37. The van der Waals surface area contributed by atoms with Crippen LogP contribution < -0.4 is 9.46 Å². The molecule has 0 saturated heterocycles. The molecule has 2 N–H and O–H groups in total. The van der Waals surface area contributed by atoms with E-state index in [0.717, 1.165) is 22.1 Å². The number of nitrogens with one attached hydrogen (secondary N) is 1. The smallest absolute Gasteiger partial charge is 0.335 e.